The number of thiocarbonyl (C=S) groups is 1. The summed E-state index contributed by atoms with van der Waals surface area (Å²) in [4.78, 5) is 0. The quantitative estimate of drug-likeness (QED) is 0.468. The number of nitrogens with zero attached hydrogens (tertiary/aromatic N) is 2. The van der Waals surface area contributed by atoms with E-state index < -0.39 is 11.9 Å². The number of alkyl halides is 3. The fourth-order valence-corrected chi connectivity index (χ4v) is 2.92. The molecule has 0 amide bonds. The van der Waals surface area contributed by atoms with E-state index in [9.17, 15) is 13.2 Å². The molecule has 11 heteroatoms. The van der Waals surface area contributed by atoms with E-state index in [2.05, 4.69) is 15.7 Å². The summed E-state index contributed by atoms with van der Waals surface area (Å²) in [5.41, 5.74) is -0.246. The maximum absolute atomic E-state index is 12.8. The highest BCUT2D eigenvalue weighted by atomic mass is 35.5. The first-order chi connectivity index (χ1) is 12.1. The zero-order chi connectivity index (χ0) is 19.5. The fraction of sp³-hybridized carbons (Fsp3) is 0.333. The third kappa shape index (κ3) is 5.16. The van der Waals surface area contributed by atoms with Gasteiger partial charge in [0.2, 0.25) is 0 Å². The van der Waals surface area contributed by atoms with Gasteiger partial charge in [-0.1, -0.05) is 40.9 Å². The van der Waals surface area contributed by atoms with Gasteiger partial charge in [0.1, 0.15) is 0 Å². The van der Waals surface area contributed by atoms with Gasteiger partial charge in [-0.15, -0.1) is 0 Å². The lowest BCUT2D eigenvalue weighted by Crippen LogP contribution is -2.30. The van der Waals surface area contributed by atoms with Crippen LogP contribution in [0.4, 0.5) is 18.9 Å². The first-order valence-corrected chi connectivity index (χ1v) is 8.94. The molecule has 142 valence electrons. The Bertz CT molecular complexity index is 808. The summed E-state index contributed by atoms with van der Waals surface area (Å²) in [6, 6.07) is 5.09. The van der Waals surface area contributed by atoms with Gasteiger partial charge in [0.15, 0.2) is 10.8 Å². The van der Waals surface area contributed by atoms with Crippen molar-refractivity contribution in [2.75, 3.05) is 11.9 Å². The fourth-order valence-electron chi connectivity index (χ4n) is 2.12. The van der Waals surface area contributed by atoms with Crippen LogP contribution in [0.2, 0.25) is 15.1 Å². The molecule has 1 aromatic carbocycles. The summed E-state index contributed by atoms with van der Waals surface area (Å²) in [7, 11) is 0. The van der Waals surface area contributed by atoms with Crippen molar-refractivity contribution < 1.29 is 13.2 Å². The summed E-state index contributed by atoms with van der Waals surface area (Å²) in [5.74, 6) is 0. The Kier molecular flexibility index (Phi) is 7.01. The third-order valence-electron chi connectivity index (χ3n) is 3.43. The van der Waals surface area contributed by atoms with E-state index in [1.807, 2.05) is 0 Å². The van der Waals surface area contributed by atoms with E-state index >= 15 is 0 Å². The van der Waals surface area contributed by atoms with Crippen molar-refractivity contribution >= 4 is 57.8 Å². The van der Waals surface area contributed by atoms with E-state index in [4.69, 9.17) is 47.0 Å². The van der Waals surface area contributed by atoms with Crippen LogP contribution in [0.15, 0.2) is 18.2 Å². The van der Waals surface area contributed by atoms with Gasteiger partial charge in [-0.2, -0.15) is 18.3 Å². The van der Waals surface area contributed by atoms with Crippen LogP contribution in [0, 0.1) is 6.92 Å². The Hall–Kier alpha value is -1.22. The third-order valence-corrected chi connectivity index (χ3v) is 4.95. The Morgan fingerprint density at radius 3 is 2.54 bits per heavy atom. The smallest absolute Gasteiger partial charge is 0.362 e. The van der Waals surface area contributed by atoms with Gasteiger partial charge in [-0.3, -0.25) is 4.68 Å². The normalized spacial score (nSPS) is 11.5. The molecular weight excluding hydrogens is 432 g/mol. The van der Waals surface area contributed by atoms with Crippen LogP contribution in [0.3, 0.4) is 0 Å². The molecule has 2 rings (SSSR count). The first kappa shape index (κ1) is 21.1. The molecule has 2 N–H and O–H groups in total. The minimum Gasteiger partial charge on any atom is -0.362 e. The number of hydrogen-bond donors (Lipinski definition) is 2. The molecule has 0 spiro atoms. The van der Waals surface area contributed by atoms with Crippen LogP contribution in [-0.2, 0) is 12.7 Å². The summed E-state index contributed by atoms with van der Waals surface area (Å²) in [5, 5.41) is 10.1. The molecule has 0 bridgehead atoms. The van der Waals surface area contributed by atoms with Crippen molar-refractivity contribution in [1.29, 1.82) is 0 Å². The zero-order valence-corrected chi connectivity index (χ0v) is 16.5. The second-order valence-electron chi connectivity index (χ2n) is 5.30. The highest BCUT2D eigenvalue weighted by Gasteiger charge is 2.38. The molecule has 0 atom stereocenters. The lowest BCUT2D eigenvalue weighted by molar-refractivity contribution is -0.141. The molecule has 0 saturated carbocycles. The van der Waals surface area contributed by atoms with Crippen molar-refractivity contribution in [2.24, 2.45) is 0 Å². The van der Waals surface area contributed by atoms with E-state index in [-0.39, 0.29) is 17.3 Å². The molecule has 4 nitrogen and oxygen atoms in total. The van der Waals surface area contributed by atoms with E-state index in [1.54, 1.807) is 18.2 Å². The summed E-state index contributed by atoms with van der Waals surface area (Å²) < 4.78 is 39.6. The second kappa shape index (κ2) is 8.65. The minimum atomic E-state index is -4.58. The SMILES string of the molecule is Cc1c(Cl)c(C(F)(F)F)nn1CCCNC(=S)Nc1cccc(Cl)c1Cl. The maximum Gasteiger partial charge on any atom is 0.436 e. The van der Waals surface area contributed by atoms with Gasteiger partial charge in [-0.25, -0.2) is 0 Å². The molecule has 0 aliphatic carbocycles. The monoisotopic (exact) mass is 444 g/mol. The standard InChI is InChI=1S/C15H14Cl3F3N4S/c1-8-11(17)13(15(19,20)21)24-25(8)7-3-6-22-14(26)23-10-5-2-4-9(16)12(10)18/h2,4-5H,3,6-7H2,1H3,(H2,22,23,26). The van der Waals surface area contributed by atoms with E-state index in [0.29, 0.717) is 33.8 Å². The Labute approximate surface area is 168 Å². The Morgan fingerprint density at radius 2 is 1.92 bits per heavy atom. The topological polar surface area (TPSA) is 41.9 Å². The summed E-state index contributed by atoms with van der Waals surface area (Å²) in [6.07, 6.45) is -4.09. The average molecular weight is 446 g/mol. The lowest BCUT2D eigenvalue weighted by Gasteiger charge is -2.12. The van der Waals surface area contributed by atoms with Gasteiger partial charge < -0.3 is 10.6 Å². The van der Waals surface area contributed by atoms with Crippen LogP contribution in [0.5, 0.6) is 0 Å². The van der Waals surface area contributed by atoms with Crippen LogP contribution in [-0.4, -0.2) is 21.4 Å². The van der Waals surface area contributed by atoms with Crippen LogP contribution >= 0.6 is 47.0 Å². The van der Waals surface area contributed by atoms with Gasteiger partial charge in [0, 0.05) is 13.1 Å². The Balaban J connectivity index is 1.85. The largest absolute Gasteiger partial charge is 0.436 e. The van der Waals surface area contributed by atoms with Crippen LogP contribution in [0.1, 0.15) is 17.8 Å². The van der Waals surface area contributed by atoms with Crippen molar-refractivity contribution in [1.82, 2.24) is 15.1 Å². The zero-order valence-electron chi connectivity index (χ0n) is 13.4. The number of aryl methyl sites for hydroxylation is 1. The predicted molar refractivity (Wildman–Crippen MR) is 102 cm³/mol. The van der Waals surface area contributed by atoms with Crippen LogP contribution < -0.4 is 10.6 Å². The van der Waals surface area contributed by atoms with Crippen molar-refractivity contribution in [2.45, 2.75) is 26.1 Å². The molecule has 0 aliphatic rings. The van der Waals surface area contributed by atoms with Crippen molar-refractivity contribution in [3.05, 3.63) is 44.7 Å². The van der Waals surface area contributed by atoms with E-state index in [0.717, 1.165) is 0 Å². The Morgan fingerprint density at radius 1 is 1.23 bits per heavy atom. The molecule has 1 heterocycles. The molecule has 0 aliphatic heterocycles. The van der Waals surface area contributed by atoms with Gasteiger partial charge in [-0.05, 0) is 37.7 Å². The molecule has 0 unspecified atom stereocenters. The lowest BCUT2D eigenvalue weighted by atomic mass is 10.3. The number of hydrogen-bond acceptors (Lipinski definition) is 2. The van der Waals surface area contributed by atoms with Gasteiger partial charge >= 0.3 is 6.18 Å². The number of aromatic nitrogens is 2. The minimum absolute atomic E-state index is 0.259. The molecule has 1 aromatic heterocycles. The van der Waals surface area contributed by atoms with Gasteiger partial charge in [0.05, 0.1) is 26.4 Å². The highest BCUT2D eigenvalue weighted by Crippen LogP contribution is 2.35. The van der Waals surface area contributed by atoms with Crippen molar-refractivity contribution in [3.8, 4) is 0 Å². The number of benzene rings is 1. The van der Waals surface area contributed by atoms with Gasteiger partial charge in [0.25, 0.3) is 0 Å². The second-order valence-corrected chi connectivity index (χ2v) is 6.88. The molecule has 0 saturated heterocycles. The number of rotatable bonds is 5. The number of anilines is 1. The molecular formula is C15H14Cl3F3N4S. The molecule has 2 aromatic rings. The number of nitrogens with one attached hydrogen (secondary N) is 2. The molecule has 0 radical (unpaired) electrons. The predicted octanol–water partition coefficient (Wildman–Crippen LogP) is 5.55. The molecule has 0 fully saturated rings. The first-order valence-electron chi connectivity index (χ1n) is 7.40. The average Bonchev–Trinajstić information content (AvgIpc) is 2.84. The van der Waals surface area contributed by atoms with E-state index in [1.165, 1.54) is 11.6 Å². The summed E-state index contributed by atoms with van der Waals surface area (Å²) >= 11 is 22.8. The van der Waals surface area contributed by atoms with Crippen LogP contribution in [0.25, 0.3) is 0 Å². The van der Waals surface area contributed by atoms with Crippen molar-refractivity contribution in [3.63, 3.8) is 0 Å². The molecule has 26 heavy (non-hydrogen) atoms. The number of halogens is 6. The maximum atomic E-state index is 12.8. The highest BCUT2D eigenvalue weighted by molar-refractivity contribution is 7.80. The summed E-state index contributed by atoms with van der Waals surface area (Å²) in [6.45, 7) is 2.17.